The van der Waals surface area contributed by atoms with Crippen LogP contribution in [0, 0.1) is 0 Å². The van der Waals surface area contributed by atoms with E-state index in [-0.39, 0.29) is 26.4 Å². The molecule has 0 bridgehead atoms. The first-order valence-corrected chi connectivity index (χ1v) is 12.1. The summed E-state index contributed by atoms with van der Waals surface area (Å²) in [6.45, 7) is 0.830. The maximum atomic E-state index is 11.0. The van der Waals surface area contributed by atoms with Gasteiger partial charge in [0.2, 0.25) is 0 Å². The van der Waals surface area contributed by atoms with Crippen LogP contribution in [0.5, 0.6) is 0 Å². The van der Waals surface area contributed by atoms with Gasteiger partial charge in [0.1, 0.15) is 30.5 Å². The van der Waals surface area contributed by atoms with Gasteiger partial charge < -0.3 is 33.9 Å². The molecule has 2 N–H and O–H groups in total. The minimum absolute atomic E-state index is 0.0174. The van der Waals surface area contributed by atoms with E-state index in [1.807, 2.05) is 91.0 Å². The molecule has 1 heterocycles. The van der Waals surface area contributed by atoms with E-state index in [1.165, 1.54) is 7.11 Å². The highest BCUT2D eigenvalue weighted by molar-refractivity contribution is 5.15. The number of benzene rings is 3. The number of aliphatic hydroxyl groups is 2. The zero-order chi connectivity index (χ0) is 25.2. The quantitative estimate of drug-likeness (QED) is 0.399. The monoisotopic (exact) mass is 494 g/mol. The molecule has 1 saturated heterocycles. The maximum Gasteiger partial charge on any atom is 0.184 e. The highest BCUT2D eigenvalue weighted by Gasteiger charge is 2.50. The van der Waals surface area contributed by atoms with Crippen LogP contribution in [-0.2, 0) is 43.5 Å². The summed E-state index contributed by atoms with van der Waals surface area (Å²) in [7, 11) is 1.50. The standard InChI is InChI=1S/C29H34O7/c1-32-20-24(30)25-26(33-17-21-11-5-2-6-12-21)27(34-18-22-13-7-3-8-14-22)28(29(31)36-25)35-19-23-15-9-4-10-16-23/h2-16,24-31H,17-20H2,1H3/t24?,25-,26+,27+,28+,29+/m0/s1. The third kappa shape index (κ3) is 7.21. The van der Waals surface area contributed by atoms with E-state index in [0.29, 0.717) is 0 Å². The van der Waals surface area contributed by atoms with Gasteiger partial charge in [-0.05, 0) is 16.7 Å². The van der Waals surface area contributed by atoms with Gasteiger partial charge in [0.15, 0.2) is 6.29 Å². The predicted octanol–water partition coefficient (Wildman–Crippen LogP) is 3.47. The molecule has 3 aromatic rings. The molecule has 7 nitrogen and oxygen atoms in total. The second-order valence-corrected chi connectivity index (χ2v) is 8.80. The summed E-state index contributed by atoms with van der Waals surface area (Å²) in [4.78, 5) is 0. The second-order valence-electron chi connectivity index (χ2n) is 8.80. The number of hydrogen-bond donors (Lipinski definition) is 2. The van der Waals surface area contributed by atoms with Crippen molar-refractivity contribution in [2.24, 2.45) is 0 Å². The third-order valence-electron chi connectivity index (χ3n) is 6.12. The molecule has 7 heteroatoms. The number of ether oxygens (including phenoxy) is 5. The van der Waals surface area contributed by atoms with Gasteiger partial charge in [0.05, 0.1) is 26.4 Å². The van der Waals surface area contributed by atoms with Crippen LogP contribution in [0.3, 0.4) is 0 Å². The van der Waals surface area contributed by atoms with Crippen molar-refractivity contribution in [1.82, 2.24) is 0 Å². The Bertz CT molecular complexity index is 1000. The first-order chi connectivity index (χ1) is 17.7. The zero-order valence-electron chi connectivity index (χ0n) is 20.4. The summed E-state index contributed by atoms with van der Waals surface area (Å²) >= 11 is 0. The fraction of sp³-hybridized carbons (Fsp3) is 0.379. The van der Waals surface area contributed by atoms with Gasteiger partial charge in [-0.1, -0.05) is 91.0 Å². The average molecular weight is 495 g/mol. The van der Waals surface area contributed by atoms with Gasteiger partial charge in [-0.2, -0.15) is 0 Å². The van der Waals surface area contributed by atoms with Crippen molar-refractivity contribution in [2.45, 2.75) is 56.6 Å². The largest absolute Gasteiger partial charge is 0.388 e. The summed E-state index contributed by atoms with van der Waals surface area (Å²) in [6.07, 6.45) is -5.56. The molecular formula is C29H34O7. The maximum absolute atomic E-state index is 11.0. The summed E-state index contributed by atoms with van der Waals surface area (Å²) in [5.74, 6) is 0. The highest BCUT2D eigenvalue weighted by Crippen LogP contribution is 2.31. The van der Waals surface area contributed by atoms with Crippen molar-refractivity contribution < 1.29 is 33.9 Å². The topological polar surface area (TPSA) is 86.6 Å². The van der Waals surface area contributed by atoms with Crippen molar-refractivity contribution in [1.29, 1.82) is 0 Å². The lowest BCUT2D eigenvalue weighted by Crippen LogP contribution is -2.63. The predicted molar refractivity (Wildman–Crippen MR) is 134 cm³/mol. The fourth-order valence-corrected chi connectivity index (χ4v) is 4.28. The van der Waals surface area contributed by atoms with Crippen LogP contribution in [0.15, 0.2) is 91.0 Å². The molecule has 4 rings (SSSR count). The second kappa shape index (κ2) is 13.6. The molecule has 0 amide bonds. The Morgan fingerprint density at radius 3 is 1.53 bits per heavy atom. The van der Waals surface area contributed by atoms with E-state index in [9.17, 15) is 10.2 Å². The Balaban J connectivity index is 1.59. The van der Waals surface area contributed by atoms with Crippen LogP contribution in [0.25, 0.3) is 0 Å². The van der Waals surface area contributed by atoms with Crippen LogP contribution in [0.2, 0.25) is 0 Å². The van der Waals surface area contributed by atoms with Crippen molar-refractivity contribution in [3.8, 4) is 0 Å². The van der Waals surface area contributed by atoms with Crippen LogP contribution < -0.4 is 0 Å². The van der Waals surface area contributed by atoms with Crippen molar-refractivity contribution in [3.05, 3.63) is 108 Å². The first-order valence-electron chi connectivity index (χ1n) is 12.1. The lowest BCUT2D eigenvalue weighted by Gasteiger charge is -2.45. The molecule has 0 spiro atoms. The van der Waals surface area contributed by atoms with Crippen LogP contribution in [0.4, 0.5) is 0 Å². The average Bonchev–Trinajstić information content (AvgIpc) is 2.92. The normalized spacial score (nSPS) is 24.9. The lowest BCUT2D eigenvalue weighted by atomic mass is 9.94. The van der Waals surface area contributed by atoms with Gasteiger partial charge >= 0.3 is 0 Å². The summed E-state index contributed by atoms with van der Waals surface area (Å²) in [5.41, 5.74) is 2.89. The Morgan fingerprint density at radius 2 is 1.08 bits per heavy atom. The minimum atomic E-state index is -1.33. The van der Waals surface area contributed by atoms with Crippen molar-refractivity contribution in [3.63, 3.8) is 0 Å². The van der Waals surface area contributed by atoms with Crippen molar-refractivity contribution >= 4 is 0 Å². The Kier molecular flexibility index (Phi) is 10.0. The summed E-state index contributed by atoms with van der Waals surface area (Å²) in [5, 5.41) is 21.8. The molecule has 0 aromatic heterocycles. The van der Waals surface area contributed by atoms with E-state index in [2.05, 4.69) is 0 Å². The smallest absolute Gasteiger partial charge is 0.184 e. The van der Waals surface area contributed by atoms with E-state index in [1.54, 1.807) is 0 Å². The van der Waals surface area contributed by atoms with Crippen LogP contribution in [-0.4, -0.2) is 60.7 Å². The minimum Gasteiger partial charge on any atom is -0.388 e. The molecule has 0 aliphatic carbocycles. The molecule has 192 valence electrons. The molecule has 1 aliphatic rings. The Labute approximate surface area is 212 Å². The molecule has 1 fully saturated rings. The lowest BCUT2D eigenvalue weighted by molar-refractivity contribution is -0.325. The fourth-order valence-electron chi connectivity index (χ4n) is 4.28. The van der Waals surface area contributed by atoms with Crippen molar-refractivity contribution in [2.75, 3.05) is 13.7 Å². The van der Waals surface area contributed by atoms with E-state index in [0.717, 1.165) is 16.7 Å². The molecule has 6 atom stereocenters. The number of methoxy groups -OCH3 is 1. The van der Waals surface area contributed by atoms with Gasteiger partial charge in [-0.3, -0.25) is 0 Å². The third-order valence-corrected chi connectivity index (χ3v) is 6.12. The molecular weight excluding hydrogens is 460 g/mol. The molecule has 36 heavy (non-hydrogen) atoms. The van der Waals surface area contributed by atoms with E-state index in [4.69, 9.17) is 23.7 Å². The van der Waals surface area contributed by atoms with Gasteiger partial charge in [-0.25, -0.2) is 0 Å². The van der Waals surface area contributed by atoms with Gasteiger partial charge in [0.25, 0.3) is 0 Å². The summed E-state index contributed by atoms with van der Waals surface area (Å²) < 4.78 is 29.9. The van der Waals surface area contributed by atoms with Gasteiger partial charge in [-0.15, -0.1) is 0 Å². The molecule has 0 radical (unpaired) electrons. The number of hydrogen-bond acceptors (Lipinski definition) is 7. The molecule has 3 aromatic carbocycles. The highest BCUT2D eigenvalue weighted by atomic mass is 16.7. The Morgan fingerprint density at radius 1 is 0.667 bits per heavy atom. The Hall–Kier alpha value is -2.62. The zero-order valence-corrected chi connectivity index (χ0v) is 20.4. The SMILES string of the molecule is COCC(O)[C@@H]1O[C@@H](O)[C@H](OCc2ccccc2)[C@H](OCc2ccccc2)[C@@H]1OCc1ccccc1. The van der Waals surface area contributed by atoms with E-state index >= 15 is 0 Å². The van der Waals surface area contributed by atoms with Crippen LogP contribution in [0.1, 0.15) is 16.7 Å². The molecule has 1 aliphatic heterocycles. The molecule has 0 saturated carbocycles. The first kappa shape index (κ1) is 26.4. The van der Waals surface area contributed by atoms with Gasteiger partial charge in [0, 0.05) is 7.11 Å². The summed E-state index contributed by atoms with van der Waals surface area (Å²) in [6, 6.07) is 29.2. The number of aliphatic hydroxyl groups excluding tert-OH is 2. The van der Waals surface area contributed by atoms with E-state index < -0.39 is 36.8 Å². The molecule has 1 unspecified atom stereocenters. The number of rotatable bonds is 12. The van der Waals surface area contributed by atoms with Crippen LogP contribution >= 0.6 is 0 Å².